The molecule has 0 heterocycles. The second kappa shape index (κ2) is 6.33. The Morgan fingerprint density at radius 2 is 1.93 bits per heavy atom. The highest BCUT2D eigenvalue weighted by molar-refractivity contribution is 5.46. The first-order valence-electron chi connectivity index (χ1n) is 5.44. The van der Waals surface area contributed by atoms with Gasteiger partial charge in [0.25, 0.3) is 0 Å². The fourth-order valence-corrected chi connectivity index (χ4v) is 1.64. The Labute approximate surface area is 92.2 Å². The Hall–Kier alpha value is -1.18. The summed E-state index contributed by atoms with van der Waals surface area (Å²) in [5.41, 5.74) is 1.19. The molecule has 0 saturated carbocycles. The number of hydrogen-bond acceptors (Lipinski definition) is 2. The molecule has 0 unspecified atom stereocenters. The Balaban J connectivity index is 2.76. The molecule has 0 aliphatic heterocycles. The summed E-state index contributed by atoms with van der Waals surface area (Å²) in [7, 11) is 3.34. The van der Waals surface area contributed by atoms with Gasteiger partial charge in [0.05, 0.1) is 14.2 Å². The van der Waals surface area contributed by atoms with Gasteiger partial charge in [-0.15, -0.1) is 0 Å². The molecule has 0 N–H and O–H groups in total. The zero-order chi connectivity index (χ0) is 11.1. The van der Waals surface area contributed by atoms with E-state index in [0.717, 1.165) is 17.9 Å². The van der Waals surface area contributed by atoms with E-state index in [4.69, 9.17) is 9.47 Å². The zero-order valence-corrected chi connectivity index (χ0v) is 9.80. The van der Waals surface area contributed by atoms with Crippen molar-refractivity contribution in [3.63, 3.8) is 0 Å². The van der Waals surface area contributed by atoms with E-state index < -0.39 is 0 Å². The third-order valence-electron chi connectivity index (χ3n) is 2.46. The molecule has 1 rings (SSSR count). The molecule has 0 aromatic heterocycles. The van der Waals surface area contributed by atoms with Gasteiger partial charge in [-0.2, -0.15) is 0 Å². The van der Waals surface area contributed by atoms with E-state index in [0.29, 0.717) is 0 Å². The summed E-state index contributed by atoms with van der Waals surface area (Å²) in [4.78, 5) is 0. The SMILES string of the molecule is CCCCCc1c[c]cc(OC)c1OC. The van der Waals surface area contributed by atoms with Crippen molar-refractivity contribution in [3.8, 4) is 11.5 Å². The summed E-state index contributed by atoms with van der Waals surface area (Å²) in [5, 5.41) is 0. The van der Waals surface area contributed by atoms with Gasteiger partial charge in [0.2, 0.25) is 0 Å². The van der Waals surface area contributed by atoms with Crippen LogP contribution in [0.5, 0.6) is 11.5 Å². The van der Waals surface area contributed by atoms with E-state index in [2.05, 4.69) is 13.0 Å². The average Bonchev–Trinajstić information content (AvgIpc) is 2.29. The van der Waals surface area contributed by atoms with Crippen LogP contribution in [0.3, 0.4) is 0 Å². The summed E-state index contributed by atoms with van der Waals surface area (Å²) < 4.78 is 10.6. The molecular formula is C13H19O2. The summed E-state index contributed by atoms with van der Waals surface area (Å²) in [6, 6.07) is 6.87. The first-order chi connectivity index (χ1) is 7.33. The van der Waals surface area contributed by atoms with Crippen LogP contribution in [0, 0.1) is 6.07 Å². The maximum Gasteiger partial charge on any atom is 0.163 e. The van der Waals surface area contributed by atoms with E-state index in [1.165, 1.54) is 24.8 Å². The lowest BCUT2D eigenvalue weighted by Gasteiger charge is -2.11. The van der Waals surface area contributed by atoms with Gasteiger partial charge in [-0.3, -0.25) is 0 Å². The van der Waals surface area contributed by atoms with Gasteiger partial charge in [-0.05, 0) is 36.6 Å². The minimum atomic E-state index is 0.770. The molecule has 0 amide bonds. The average molecular weight is 207 g/mol. The first kappa shape index (κ1) is 11.9. The lowest BCUT2D eigenvalue weighted by molar-refractivity contribution is 0.351. The highest BCUT2D eigenvalue weighted by Gasteiger charge is 2.08. The maximum absolute atomic E-state index is 5.35. The van der Waals surface area contributed by atoms with E-state index in [-0.39, 0.29) is 0 Å². The van der Waals surface area contributed by atoms with Crippen LogP contribution < -0.4 is 9.47 Å². The van der Waals surface area contributed by atoms with E-state index in [1.54, 1.807) is 14.2 Å². The summed E-state index contributed by atoms with van der Waals surface area (Å²) >= 11 is 0. The monoisotopic (exact) mass is 207 g/mol. The lowest BCUT2D eigenvalue weighted by atomic mass is 10.1. The molecular weight excluding hydrogens is 188 g/mol. The second-order valence-corrected chi connectivity index (χ2v) is 3.54. The van der Waals surface area contributed by atoms with Crippen molar-refractivity contribution in [2.45, 2.75) is 32.6 Å². The van der Waals surface area contributed by atoms with Crippen molar-refractivity contribution in [1.82, 2.24) is 0 Å². The number of methoxy groups -OCH3 is 2. The topological polar surface area (TPSA) is 18.5 Å². The first-order valence-corrected chi connectivity index (χ1v) is 5.44. The third-order valence-corrected chi connectivity index (χ3v) is 2.46. The van der Waals surface area contributed by atoms with Crippen molar-refractivity contribution in [3.05, 3.63) is 23.8 Å². The standard InChI is InChI=1S/C13H19O2/c1-4-5-6-8-11-9-7-10-12(14-2)13(11)15-3/h9-10H,4-6,8H2,1-3H3. The number of rotatable bonds is 6. The Morgan fingerprint density at radius 3 is 2.53 bits per heavy atom. The molecule has 15 heavy (non-hydrogen) atoms. The number of aryl methyl sites for hydroxylation is 1. The Morgan fingerprint density at radius 1 is 1.13 bits per heavy atom. The predicted molar refractivity (Wildman–Crippen MR) is 61.6 cm³/mol. The Bertz CT molecular complexity index is 295. The van der Waals surface area contributed by atoms with Crippen LogP contribution in [0.4, 0.5) is 0 Å². The highest BCUT2D eigenvalue weighted by atomic mass is 16.5. The Kier molecular flexibility index (Phi) is 5.02. The minimum absolute atomic E-state index is 0.770. The van der Waals surface area contributed by atoms with Crippen LogP contribution in [0.15, 0.2) is 12.1 Å². The molecule has 0 saturated heterocycles. The number of unbranched alkanes of at least 4 members (excludes halogenated alkanes) is 2. The second-order valence-electron chi connectivity index (χ2n) is 3.54. The highest BCUT2D eigenvalue weighted by Crippen LogP contribution is 2.31. The van der Waals surface area contributed by atoms with Crippen molar-refractivity contribution in [2.75, 3.05) is 14.2 Å². The molecule has 2 nitrogen and oxygen atoms in total. The van der Waals surface area contributed by atoms with Crippen molar-refractivity contribution in [1.29, 1.82) is 0 Å². The van der Waals surface area contributed by atoms with Crippen LogP contribution in [0.1, 0.15) is 31.7 Å². The van der Waals surface area contributed by atoms with Gasteiger partial charge in [0, 0.05) is 0 Å². The zero-order valence-electron chi connectivity index (χ0n) is 9.80. The van der Waals surface area contributed by atoms with Crippen LogP contribution in [-0.2, 0) is 6.42 Å². The van der Waals surface area contributed by atoms with Crippen LogP contribution in [-0.4, -0.2) is 14.2 Å². The van der Waals surface area contributed by atoms with Crippen molar-refractivity contribution in [2.24, 2.45) is 0 Å². The number of hydrogen-bond donors (Lipinski definition) is 0. The van der Waals surface area contributed by atoms with Gasteiger partial charge in [-0.25, -0.2) is 0 Å². The van der Waals surface area contributed by atoms with Crippen molar-refractivity contribution >= 4 is 0 Å². The smallest absolute Gasteiger partial charge is 0.163 e. The summed E-state index contributed by atoms with van der Waals surface area (Å²) in [6.07, 6.45) is 4.70. The lowest BCUT2D eigenvalue weighted by Crippen LogP contribution is -1.96. The van der Waals surface area contributed by atoms with E-state index in [9.17, 15) is 0 Å². The van der Waals surface area contributed by atoms with Gasteiger partial charge in [-0.1, -0.05) is 19.8 Å². The molecule has 0 atom stereocenters. The molecule has 2 heteroatoms. The van der Waals surface area contributed by atoms with Gasteiger partial charge in [0.15, 0.2) is 11.5 Å². The number of ether oxygens (including phenoxy) is 2. The minimum Gasteiger partial charge on any atom is -0.493 e. The molecule has 0 spiro atoms. The summed E-state index contributed by atoms with van der Waals surface area (Å²) in [5.74, 6) is 1.62. The molecule has 1 radical (unpaired) electrons. The molecule has 0 aliphatic carbocycles. The van der Waals surface area contributed by atoms with Crippen LogP contribution in [0.2, 0.25) is 0 Å². The maximum atomic E-state index is 5.35. The van der Waals surface area contributed by atoms with Gasteiger partial charge < -0.3 is 9.47 Å². The molecule has 83 valence electrons. The third kappa shape index (κ3) is 3.15. The number of benzene rings is 1. The fraction of sp³-hybridized carbons (Fsp3) is 0.538. The molecule has 1 aromatic rings. The van der Waals surface area contributed by atoms with Gasteiger partial charge in [0.1, 0.15) is 0 Å². The van der Waals surface area contributed by atoms with Crippen molar-refractivity contribution < 1.29 is 9.47 Å². The molecule has 1 aromatic carbocycles. The quantitative estimate of drug-likeness (QED) is 0.667. The molecule has 0 fully saturated rings. The van der Waals surface area contributed by atoms with Crippen LogP contribution in [0.25, 0.3) is 0 Å². The van der Waals surface area contributed by atoms with Crippen LogP contribution >= 0.6 is 0 Å². The van der Waals surface area contributed by atoms with E-state index >= 15 is 0 Å². The largest absolute Gasteiger partial charge is 0.493 e. The normalized spacial score (nSPS) is 10.1. The summed E-state index contributed by atoms with van der Waals surface area (Å²) in [6.45, 7) is 2.20. The van der Waals surface area contributed by atoms with E-state index in [1.807, 2.05) is 12.1 Å². The fourth-order valence-electron chi connectivity index (χ4n) is 1.64. The predicted octanol–water partition coefficient (Wildman–Crippen LogP) is 3.24. The molecule has 0 bridgehead atoms. The van der Waals surface area contributed by atoms with Gasteiger partial charge >= 0.3 is 0 Å². The molecule has 0 aliphatic rings.